The summed E-state index contributed by atoms with van der Waals surface area (Å²) in [6, 6.07) is 0.554. The molecule has 0 aliphatic carbocycles. The van der Waals surface area contributed by atoms with E-state index in [0.717, 1.165) is 39.1 Å². The van der Waals surface area contributed by atoms with E-state index in [0.29, 0.717) is 24.4 Å². The Morgan fingerprint density at radius 2 is 1.72 bits per heavy atom. The lowest BCUT2D eigenvalue weighted by atomic mass is 10.1. The molecule has 0 aromatic carbocycles. The molecule has 0 saturated carbocycles. The summed E-state index contributed by atoms with van der Waals surface area (Å²) in [6.07, 6.45) is 3.36. The van der Waals surface area contributed by atoms with Crippen LogP contribution >= 0.6 is 0 Å². The third-order valence-electron chi connectivity index (χ3n) is 4.14. The molecule has 4 atom stereocenters. The number of ether oxygens (including phenoxy) is 2. The largest absolute Gasteiger partial charge is 0.375 e. The van der Waals surface area contributed by atoms with Crippen molar-refractivity contribution in [1.82, 2.24) is 9.80 Å². The number of likely N-dealkylation sites (N-methyl/N-ethyl adjacent to an activating group) is 2. The van der Waals surface area contributed by atoms with Gasteiger partial charge in [0.05, 0.1) is 24.9 Å². The number of hydrogen-bond acceptors (Lipinski definition) is 4. The van der Waals surface area contributed by atoms with E-state index >= 15 is 0 Å². The van der Waals surface area contributed by atoms with Gasteiger partial charge in [0, 0.05) is 25.7 Å². The Labute approximate surface area is 111 Å². The molecule has 2 unspecified atom stereocenters. The fourth-order valence-electron chi connectivity index (χ4n) is 2.94. The summed E-state index contributed by atoms with van der Waals surface area (Å²) < 4.78 is 11.9. The summed E-state index contributed by atoms with van der Waals surface area (Å²) in [4.78, 5) is 4.76. The van der Waals surface area contributed by atoms with Gasteiger partial charge in [-0.1, -0.05) is 0 Å². The van der Waals surface area contributed by atoms with Crippen LogP contribution in [0, 0.1) is 0 Å². The zero-order valence-electron chi connectivity index (χ0n) is 12.3. The van der Waals surface area contributed by atoms with Gasteiger partial charge in [-0.15, -0.1) is 0 Å². The van der Waals surface area contributed by atoms with Gasteiger partial charge in [0.15, 0.2) is 0 Å². The molecule has 0 spiro atoms. The van der Waals surface area contributed by atoms with Gasteiger partial charge in [0.2, 0.25) is 0 Å². The smallest absolute Gasteiger partial charge is 0.0707 e. The third kappa shape index (κ3) is 3.92. The molecule has 0 aromatic rings. The van der Waals surface area contributed by atoms with E-state index < -0.39 is 0 Å². The van der Waals surface area contributed by atoms with Gasteiger partial charge >= 0.3 is 0 Å². The van der Waals surface area contributed by atoms with Crippen LogP contribution in [0.15, 0.2) is 0 Å². The first kappa shape index (κ1) is 14.3. The monoisotopic (exact) mass is 256 g/mol. The summed E-state index contributed by atoms with van der Waals surface area (Å²) in [5.41, 5.74) is 0. The van der Waals surface area contributed by atoms with Crippen molar-refractivity contribution in [2.24, 2.45) is 0 Å². The lowest BCUT2D eigenvalue weighted by Crippen LogP contribution is -2.47. The van der Waals surface area contributed by atoms with Crippen LogP contribution in [0.3, 0.4) is 0 Å². The van der Waals surface area contributed by atoms with Gasteiger partial charge < -0.3 is 14.4 Å². The number of hydrogen-bond donors (Lipinski definition) is 0. The molecule has 0 N–H and O–H groups in total. The van der Waals surface area contributed by atoms with Crippen molar-refractivity contribution < 1.29 is 9.47 Å². The van der Waals surface area contributed by atoms with Gasteiger partial charge in [-0.25, -0.2) is 0 Å². The summed E-state index contributed by atoms with van der Waals surface area (Å²) in [7, 11) is 4.37. The van der Waals surface area contributed by atoms with E-state index in [9.17, 15) is 0 Å². The minimum absolute atomic E-state index is 0.365. The first-order valence-corrected chi connectivity index (χ1v) is 7.20. The molecule has 106 valence electrons. The maximum absolute atomic E-state index is 5.98. The summed E-state index contributed by atoms with van der Waals surface area (Å²) >= 11 is 0. The lowest BCUT2D eigenvalue weighted by Gasteiger charge is -2.38. The second-order valence-corrected chi connectivity index (χ2v) is 6.11. The van der Waals surface area contributed by atoms with Gasteiger partial charge in [-0.3, -0.25) is 4.90 Å². The highest BCUT2D eigenvalue weighted by Gasteiger charge is 2.26. The van der Waals surface area contributed by atoms with E-state index in [1.807, 2.05) is 0 Å². The van der Waals surface area contributed by atoms with Crippen LogP contribution in [-0.4, -0.2) is 74.5 Å². The fraction of sp³-hybridized carbons (Fsp3) is 1.00. The van der Waals surface area contributed by atoms with E-state index in [2.05, 4.69) is 37.7 Å². The van der Waals surface area contributed by atoms with Crippen molar-refractivity contribution in [2.45, 2.75) is 51.0 Å². The quantitative estimate of drug-likeness (QED) is 0.758. The summed E-state index contributed by atoms with van der Waals surface area (Å²) in [5.74, 6) is 0. The molecular weight excluding hydrogens is 228 g/mol. The van der Waals surface area contributed by atoms with Crippen molar-refractivity contribution in [3.05, 3.63) is 0 Å². The Hall–Kier alpha value is -0.160. The molecule has 0 amide bonds. The number of morpholine rings is 2. The van der Waals surface area contributed by atoms with Crippen LogP contribution < -0.4 is 0 Å². The lowest BCUT2D eigenvalue weighted by molar-refractivity contribution is -0.0894. The Kier molecular flexibility index (Phi) is 5.01. The van der Waals surface area contributed by atoms with Crippen molar-refractivity contribution in [1.29, 1.82) is 0 Å². The van der Waals surface area contributed by atoms with Gasteiger partial charge in [-0.2, -0.15) is 0 Å². The third-order valence-corrected chi connectivity index (χ3v) is 4.14. The molecule has 2 saturated heterocycles. The minimum Gasteiger partial charge on any atom is -0.375 e. The molecular formula is C14H28N2O2. The zero-order valence-corrected chi connectivity index (χ0v) is 12.3. The Balaban J connectivity index is 1.71. The van der Waals surface area contributed by atoms with E-state index in [-0.39, 0.29) is 0 Å². The zero-order chi connectivity index (χ0) is 13.1. The highest BCUT2D eigenvalue weighted by Crippen LogP contribution is 2.18. The normalized spacial score (nSPS) is 40.0. The number of rotatable bonds is 3. The van der Waals surface area contributed by atoms with Crippen molar-refractivity contribution in [3.8, 4) is 0 Å². The van der Waals surface area contributed by atoms with Gasteiger partial charge in [0.1, 0.15) is 0 Å². The average Bonchev–Trinajstić information content (AvgIpc) is 2.29. The molecule has 0 bridgehead atoms. The van der Waals surface area contributed by atoms with Crippen LogP contribution in [0.2, 0.25) is 0 Å². The summed E-state index contributed by atoms with van der Waals surface area (Å²) in [5, 5.41) is 0. The standard InChI is InChI=1S/C14H28N2O2/c1-11-10-17-13(9-16(11)4)5-6-14-8-15(3)7-12(2)18-14/h11-14H,5-10H2,1-4H3/t11?,12-,13?,14+/m1/s1. The van der Waals surface area contributed by atoms with Crippen LogP contribution in [0.5, 0.6) is 0 Å². The maximum atomic E-state index is 5.98. The van der Waals surface area contributed by atoms with E-state index in [1.165, 1.54) is 0 Å². The molecule has 0 radical (unpaired) electrons. The highest BCUT2D eigenvalue weighted by atomic mass is 16.5. The molecule has 18 heavy (non-hydrogen) atoms. The van der Waals surface area contributed by atoms with Gasteiger partial charge in [0.25, 0.3) is 0 Å². The van der Waals surface area contributed by atoms with Crippen LogP contribution in [-0.2, 0) is 9.47 Å². The minimum atomic E-state index is 0.365. The second kappa shape index (κ2) is 6.33. The Morgan fingerprint density at radius 1 is 1.00 bits per heavy atom. The average molecular weight is 256 g/mol. The molecule has 4 heteroatoms. The first-order valence-electron chi connectivity index (χ1n) is 7.20. The first-order chi connectivity index (χ1) is 8.54. The predicted molar refractivity (Wildman–Crippen MR) is 72.9 cm³/mol. The molecule has 2 rings (SSSR count). The van der Waals surface area contributed by atoms with Gasteiger partial charge in [-0.05, 0) is 40.8 Å². The van der Waals surface area contributed by atoms with Crippen molar-refractivity contribution in [2.75, 3.05) is 40.3 Å². The molecule has 4 nitrogen and oxygen atoms in total. The Morgan fingerprint density at radius 3 is 2.39 bits per heavy atom. The topological polar surface area (TPSA) is 24.9 Å². The van der Waals surface area contributed by atoms with Crippen molar-refractivity contribution in [3.63, 3.8) is 0 Å². The van der Waals surface area contributed by atoms with Crippen LogP contribution in [0.25, 0.3) is 0 Å². The molecule has 0 aromatic heterocycles. The van der Waals surface area contributed by atoms with E-state index in [1.54, 1.807) is 0 Å². The molecule has 2 fully saturated rings. The maximum Gasteiger partial charge on any atom is 0.0707 e. The summed E-state index contributed by atoms with van der Waals surface area (Å²) in [6.45, 7) is 8.41. The van der Waals surface area contributed by atoms with Crippen LogP contribution in [0.4, 0.5) is 0 Å². The van der Waals surface area contributed by atoms with Crippen molar-refractivity contribution >= 4 is 0 Å². The molecule has 2 aliphatic rings. The molecule has 2 heterocycles. The van der Waals surface area contributed by atoms with Crippen LogP contribution in [0.1, 0.15) is 26.7 Å². The molecule has 2 aliphatic heterocycles. The predicted octanol–water partition coefficient (Wildman–Crippen LogP) is 1.20. The Bertz CT molecular complexity index is 252. The fourth-order valence-corrected chi connectivity index (χ4v) is 2.94. The second-order valence-electron chi connectivity index (χ2n) is 6.11. The van der Waals surface area contributed by atoms with E-state index in [4.69, 9.17) is 9.47 Å². The number of nitrogens with zero attached hydrogens (tertiary/aromatic N) is 2. The highest BCUT2D eigenvalue weighted by molar-refractivity contribution is 4.78. The SMILES string of the molecule is CC1COC(CC[C@H]2CN(C)C[C@@H](C)O2)CN1C.